The van der Waals surface area contributed by atoms with Crippen molar-refractivity contribution >= 4 is 10.1 Å². The molecule has 1 aromatic carbocycles. The summed E-state index contributed by atoms with van der Waals surface area (Å²) < 4.78 is 46.1. The molecule has 1 aromatic rings. The van der Waals surface area contributed by atoms with E-state index in [1.807, 2.05) is 0 Å². The fourth-order valence-corrected chi connectivity index (χ4v) is 2.40. The molecule has 0 aliphatic heterocycles. The minimum absolute atomic E-state index is 0.0654. The van der Waals surface area contributed by atoms with Crippen molar-refractivity contribution in [3.63, 3.8) is 0 Å². The van der Waals surface area contributed by atoms with E-state index in [0.717, 1.165) is 19.1 Å². The first-order chi connectivity index (χ1) is 10.2. The first-order valence-electron chi connectivity index (χ1n) is 7.23. The summed E-state index contributed by atoms with van der Waals surface area (Å²) in [5.41, 5.74) is -1.15. The van der Waals surface area contributed by atoms with Crippen LogP contribution in [0.15, 0.2) is 18.2 Å². The monoisotopic (exact) mass is 332 g/mol. The second-order valence-electron chi connectivity index (χ2n) is 5.75. The van der Waals surface area contributed by atoms with Crippen molar-refractivity contribution < 1.29 is 26.8 Å². The number of hydrogen-bond acceptors (Lipinski definition) is 5. The molecule has 1 fully saturated rings. The van der Waals surface area contributed by atoms with Gasteiger partial charge in [-0.05, 0) is 42.9 Å². The van der Waals surface area contributed by atoms with E-state index >= 15 is 0 Å². The van der Waals surface area contributed by atoms with Crippen molar-refractivity contribution in [3.05, 3.63) is 29.6 Å². The number of aliphatic hydroxyl groups is 1. The molecule has 0 radical (unpaired) electrons. The van der Waals surface area contributed by atoms with E-state index in [-0.39, 0.29) is 12.2 Å². The van der Waals surface area contributed by atoms with Crippen LogP contribution in [0.2, 0.25) is 0 Å². The third-order valence-corrected chi connectivity index (χ3v) is 4.28. The number of hydrogen-bond donors (Lipinski definition) is 1. The maximum absolute atomic E-state index is 13.8. The van der Waals surface area contributed by atoms with Gasteiger partial charge in [0.05, 0.1) is 19.5 Å². The van der Waals surface area contributed by atoms with Gasteiger partial charge in [-0.3, -0.25) is 4.18 Å². The van der Waals surface area contributed by atoms with Crippen LogP contribution in [0.25, 0.3) is 0 Å². The molecule has 5 nitrogen and oxygen atoms in total. The SMILES string of the molecule is CCC(O)(COS(C)(=O)=O)c1ccc(F)c(OCC2CC2)c1. The van der Waals surface area contributed by atoms with Crippen molar-refractivity contribution in [1.29, 1.82) is 0 Å². The average molecular weight is 332 g/mol. The van der Waals surface area contributed by atoms with Gasteiger partial charge in [-0.2, -0.15) is 8.42 Å². The van der Waals surface area contributed by atoms with Crippen LogP contribution in [0.4, 0.5) is 4.39 Å². The lowest BCUT2D eigenvalue weighted by molar-refractivity contribution is -0.0110. The number of benzene rings is 1. The lowest BCUT2D eigenvalue weighted by Crippen LogP contribution is -2.32. The molecule has 0 heterocycles. The van der Waals surface area contributed by atoms with Crippen molar-refractivity contribution in [1.82, 2.24) is 0 Å². The largest absolute Gasteiger partial charge is 0.490 e. The second-order valence-corrected chi connectivity index (χ2v) is 7.39. The fraction of sp³-hybridized carbons (Fsp3) is 0.600. The molecule has 0 spiro atoms. The van der Waals surface area contributed by atoms with Gasteiger partial charge in [-0.1, -0.05) is 13.0 Å². The Hall–Kier alpha value is -1.18. The van der Waals surface area contributed by atoms with Crippen LogP contribution < -0.4 is 4.74 Å². The zero-order valence-corrected chi connectivity index (χ0v) is 13.5. The van der Waals surface area contributed by atoms with Gasteiger partial charge in [0.2, 0.25) is 0 Å². The van der Waals surface area contributed by atoms with Crippen LogP contribution in [0, 0.1) is 11.7 Å². The molecular formula is C15H21FO5S. The molecule has 0 saturated heterocycles. The summed E-state index contributed by atoms with van der Waals surface area (Å²) in [6.07, 6.45) is 3.30. The Bertz CT molecular complexity index is 627. The molecule has 1 N–H and O–H groups in total. The highest BCUT2D eigenvalue weighted by Crippen LogP contribution is 2.33. The number of rotatable bonds is 8. The quantitative estimate of drug-likeness (QED) is 0.739. The molecule has 1 atom stereocenters. The highest BCUT2D eigenvalue weighted by atomic mass is 32.2. The van der Waals surface area contributed by atoms with Crippen LogP contribution >= 0.6 is 0 Å². The Morgan fingerprint density at radius 2 is 2.09 bits per heavy atom. The maximum atomic E-state index is 13.8. The number of ether oxygens (including phenoxy) is 1. The van der Waals surface area contributed by atoms with Gasteiger partial charge in [-0.25, -0.2) is 4.39 Å². The molecule has 0 bridgehead atoms. The van der Waals surface area contributed by atoms with E-state index in [1.165, 1.54) is 18.2 Å². The Kier molecular flexibility index (Phi) is 5.09. The normalized spacial score (nSPS) is 18.0. The lowest BCUT2D eigenvalue weighted by Gasteiger charge is -2.27. The highest BCUT2D eigenvalue weighted by Gasteiger charge is 2.31. The predicted octanol–water partition coefficient (Wildman–Crippen LogP) is 2.19. The van der Waals surface area contributed by atoms with E-state index in [2.05, 4.69) is 0 Å². The molecule has 1 saturated carbocycles. The van der Waals surface area contributed by atoms with E-state index in [1.54, 1.807) is 6.92 Å². The average Bonchev–Trinajstić information content (AvgIpc) is 3.27. The molecule has 1 aliphatic carbocycles. The van der Waals surface area contributed by atoms with E-state index < -0.39 is 28.1 Å². The Morgan fingerprint density at radius 3 is 2.64 bits per heavy atom. The van der Waals surface area contributed by atoms with Crippen molar-refractivity contribution in [2.75, 3.05) is 19.5 Å². The molecule has 2 rings (SSSR count). The molecule has 7 heteroatoms. The zero-order valence-electron chi connectivity index (χ0n) is 12.7. The highest BCUT2D eigenvalue weighted by molar-refractivity contribution is 7.85. The minimum atomic E-state index is -3.67. The standard InChI is InChI=1S/C15H21FO5S/c1-3-15(17,10-21-22(2,18)19)12-6-7-13(16)14(8-12)20-9-11-4-5-11/h6-8,11,17H,3-5,9-10H2,1-2H3. The molecule has 0 amide bonds. The van der Waals surface area contributed by atoms with Crippen molar-refractivity contribution in [2.45, 2.75) is 31.8 Å². The minimum Gasteiger partial charge on any atom is -0.490 e. The first-order valence-corrected chi connectivity index (χ1v) is 9.05. The third-order valence-electron chi connectivity index (χ3n) is 3.74. The topological polar surface area (TPSA) is 72.8 Å². The Balaban J connectivity index is 2.17. The molecule has 0 aromatic heterocycles. The van der Waals surface area contributed by atoms with E-state index in [0.29, 0.717) is 18.1 Å². The Labute approximate surface area is 130 Å². The summed E-state index contributed by atoms with van der Waals surface area (Å²) in [4.78, 5) is 0. The van der Waals surface area contributed by atoms with Crippen LogP contribution in [-0.4, -0.2) is 33.0 Å². The summed E-state index contributed by atoms with van der Waals surface area (Å²) in [6, 6.07) is 4.03. The van der Waals surface area contributed by atoms with Crippen LogP contribution in [0.5, 0.6) is 5.75 Å². The smallest absolute Gasteiger partial charge is 0.264 e. The van der Waals surface area contributed by atoms with Crippen LogP contribution in [0.1, 0.15) is 31.7 Å². The summed E-state index contributed by atoms with van der Waals surface area (Å²) in [7, 11) is -3.67. The zero-order chi connectivity index (χ0) is 16.4. The summed E-state index contributed by atoms with van der Waals surface area (Å²) in [6.45, 7) is 1.72. The number of halogens is 1. The third kappa shape index (κ3) is 4.66. The van der Waals surface area contributed by atoms with Gasteiger partial charge in [-0.15, -0.1) is 0 Å². The summed E-state index contributed by atoms with van der Waals surface area (Å²) in [5.74, 6) is 0.0317. The van der Waals surface area contributed by atoms with Gasteiger partial charge < -0.3 is 9.84 Å². The van der Waals surface area contributed by atoms with Gasteiger partial charge in [0.25, 0.3) is 10.1 Å². The fourth-order valence-electron chi connectivity index (χ4n) is 1.99. The molecular weight excluding hydrogens is 311 g/mol. The van der Waals surface area contributed by atoms with Crippen LogP contribution in [0.3, 0.4) is 0 Å². The molecule has 124 valence electrons. The van der Waals surface area contributed by atoms with Crippen molar-refractivity contribution in [2.24, 2.45) is 5.92 Å². The van der Waals surface area contributed by atoms with E-state index in [9.17, 15) is 17.9 Å². The van der Waals surface area contributed by atoms with Crippen molar-refractivity contribution in [3.8, 4) is 5.75 Å². The summed E-state index contributed by atoms with van der Waals surface area (Å²) >= 11 is 0. The molecule has 22 heavy (non-hydrogen) atoms. The second kappa shape index (κ2) is 6.52. The van der Waals surface area contributed by atoms with Gasteiger partial charge in [0.15, 0.2) is 11.6 Å². The van der Waals surface area contributed by atoms with Gasteiger partial charge in [0.1, 0.15) is 5.60 Å². The first kappa shape index (κ1) is 17.2. The molecule has 1 aliphatic rings. The van der Waals surface area contributed by atoms with Gasteiger partial charge in [0, 0.05) is 0 Å². The Morgan fingerprint density at radius 1 is 1.41 bits per heavy atom. The summed E-state index contributed by atoms with van der Waals surface area (Å²) in [5, 5.41) is 10.6. The van der Waals surface area contributed by atoms with Crippen LogP contribution in [-0.2, 0) is 19.9 Å². The predicted molar refractivity (Wildman–Crippen MR) is 79.6 cm³/mol. The molecule has 1 unspecified atom stereocenters. The van der Waals surface area contributed by atoms with Gasteiger partial charge >= 0.3 is 0 Å². The maximum Gasteiger partial charge on any atom is 0.264 e. The lowest BCUT2D eigenvalue weighted by atomic mass is 9.92. The van der Waals surface area contributed by atoms with E-state index in [4.69, 9.17) is 8.92 Å².